The lowest BCUT2D eigenvalue weighted by molar-refractivity contribution is -0.131. The first-order valence-corrected chi connectivity index (χ1v) is 12.0. The van der Waals surface area contributed by atoms with Crippen LogP contribution < -0.4 is 15.4 Å². The Morgan fingerprint density at radius 3 is 2.41 bits per heavy atom. The van der Waals surface area contributed by atoms with Crippen LogP contribution in [0.5, 0.6) is 0 Å². The molecule has 1 amide bonds. The van der Waals surface area contributed by atoms with Crippen molar-refractivity contribution in [2.45, 2.75) is 25.8 Å². The van der Waals surface area contributed by atoms with Crippen LogP contribution in [-0.2, 0) is 11.3 Å². The number of anilines is 2. The van der Waals surface area contributed by atoms with Gasteiger partial charge in [-0.1, -0.05) is 0 Å². The van der Waals surface area contributed by atoms with Crippen LogP contribution in [0.4, 0.5) is 16.0 Å². The molecule has 0 aliphatic carbocycles. The first-order valence-electron chi connectivity index (χ1n) is 11.1. The zero-order chi connectivity index (χ0) is 22.1. The molecule has 168 valence electrons. The quantitative estimate of drug-likeness (QED) is 0.592. The van der Waals surface area contributed by atoms with Crippen LogP contribution in [0.25, 0.3) is 10.2 Å². The van der Waals surface area contributed by atoms with Crippen LogP contribution in [0.3, 0.4) is 0 Å². The molecule has 5 rings (SSSR count). The van der Waals surface area contributed by atoms with Crippen molar-refractivity contribution in [3.63, 3.8) is 0 Å². The van der Waals surface area contributed by atoms with Gasteiger partial charge in [0, 0.05) is 57.9 Å². The van der Waals surface area contributed by atoms with Gasteiger partial charge in [-0.25, -0.2) is 9.37 Å². The molecule has 0 radical (unpaired) electrons. The van der Waals surface area contributed by atoms with Crippen LogP contribution in [0.2, 0.25) is 0 Å². The Labute approximate surface area is 189 Å². The molecule has 3 aromatic rings. The Morgan fingerprint density at radius 2 is 1.69 bits per heavy atom. The maximum atomic E-state index is 13.2. The van der Waals surface area contributed by atoms with Gasteiger partial charge in [0.1, 0.15) is 10.5 Å². The Bertz CT molecular complexity index is 1160. The fraction of sp³-hybridized carbons (Fsp3) is 0.435. The summed E-state index contributed by atoms with van der Waals surface area (Å²) in [6, 6.07) is 8.35. The molecule has 2 fully saturated rings. The molecule has 4 heterocycles. The van der Waals surface area contributed by atoms with Crippen LogP contribution in [-0.4, -0.2) is 59.6 Å². The van der Waals surface area contributed by atoms with Crippen molar-refractivity contribution in [1.29, 1.82) is 0 Å². The zero-order valence-electron chi connectivity index (χ0n) is 17.9. The molecule has 2 aliphatic heterocycles. The Kier molecular flexibility index (Phi) is 5.82. The number of fused-ring (bicyclic) bond motifs is 1. The van der Waals surface area contributed by atoms with Gasteiger partial charge < -0.3 is 14.7 Å². The molecule has 0 atom stereocenters. The Balaban J connectivity index is 1.26. The van der Waals surface area contributed by atoms with Crippen molar-refractivity contribution in [3.05, 3.63) is 51.9 Å². The van der Waals surface area contributed by atoms with Gasteiger partial charge in [0.2, 0.25) is 11.9 Å². The lowest BCUT2D eigenvalue weighted by atomic mass is 10.2. The van der Waals surface area contributed by atoms with Crippen LogP contribution in [0.15, 0.2) is 40.5 Å². The van der Waals surface area contributed by atoms with Crippen molar-refractivity contribution in [2.24, 2.45) is 0 Å². The first kappa shape index (κ1) is 20.9. The zero-order valence-corrected chi connectivity index (χ0v) is 18.7. The number of aromatic nitrogens is 2. The number of rotatable bonds is 5. The van der Waals surface area contributed by atoms with Crippen molar-refractivity contribution in [2.75, 3.05) is 49.1 Å². The summed E-state index contributed by atoms with van der Waals surface area (Å²) in [6.45, 7) is 4.77. The number of piperazine rings is 1. The fourth-order valence-electron chi connectivity index (χ4n) is 4.52. The normalized spacial score (nSPS) is 16.8. The summed E-state index contributed by atoms with van der Waals surface area (Å²) in [6.07, 6.45) is 2.46. The van der Waals surface area contributed by atoms with Crippen molar-refractivity contribution in [1.82, 2.24) is 14.5 Å². The van der Waals surface area contributed by atoms with Gasteiger partial charge in [-0.2, -0.15) is 0 Å². The van der Waals surface area contributed by atoms with E-state index in [-0.39, 0.29) is 23.7 Å². The Morgan fingerprint density at radius 1 is 0.969 bits per heavy atom. The van der Waals surface area contributed by atoms with Crippen LogP contribution >= 0.6 is 11.3 Å². The number of halogens is 1. The third kappa shape index (κ3) is 4.09. The van der Waals surface area contributed by atoms with E-state index in [4.69, 9.17) is 4.98 Å². The van der Waals surface area contributed by atoms with Gasteiger partial charge in [0.25, 0.3) is 5.56 Å². The average Bonchev–Trinajstić information content (AvgIpc) is 3.51. The monoisotopic (exact) mass is 455 g/mol. The minimum atomic E-state index is -0.249. The molecule has 0 saturated carbocycles. The molecule has 7 nitrogen and oxygen atoms in total. The van der Waals surface area contributed by atoms with E-state index in [1.54, 1.807) is 16.7 Å². The summed E-state index contributed by atoms with van der Waals surface area (Å²) in [7, 11) is 0. The van der Waals surface area contributed by atoms with E-state index in [9.17, 15) is 14.0 Å². The van der Waals surface area contributed by atoms with Gasteiger partial charge in [-0.05, 0) is 48.6 Å². The largest absolute Gasteiger partial charge is 0.368 e. The smallest absolute Gasteiger partial charge is 0.272 e. The number of hydrogen-bond acceptors (Lipinski definition) is 6. The summed E-state index contributed by atoms with van der Waals surface area (Å²) in [5, 5.41) is 1.89. The minimum absolute atomic E-state index is 0.0503. The molecule has 2 aromatic heterocycles. The lowest BCUT2D eigenvalue weighted by Gasteiger charge is -2.36. The van der Waals surface area contributed by atoms with Gasteiger partial charge >= 0.3 is 0 Å². The van der Waals surface area contributed by atoms with E-state index >= 15 is 0 Å². The fourth-order valence-corrected chi connectivity index (χ4v) is 5.30. The SMILES string of the molecule is O=C(CCn1c(N2CCCC2)nc2ccsc2c1=O)N1CCN(c2ccc(F)cc2)CC1. The van der Waals surface area contributed by atoms with E-state index in [1.807, 2.05) is 16.3 Å². The summed E-state index contributed by atoms with van der Waals surface area (Å²) < 4.78 is 15.5. The summed E-state index contributed by atoms with van der Waals surface area (Å²) in [5.74, 6) is 0.489. The van der Waals surface area contributed by atoms with E-state index in [2.05, 4.69) is 9.80 Å². The number of carbonyl (C=O) groups excluding carboxylic acids is 1. The standard InChI is InChI=1S/C23H26FN5O2S/c24-17-3-5-18(6-4-17)26-12-14-27(15-13-26)20(30)7-11-29-22(31)21-19(8-16-32-21)25-23(29)28-9-1-2-10-28/h3-6,8,16H,1-2,7,9-15H2. The molecule has 0 spiro atoms. The molecule has 0 N–H and O–H groups in total. The predicted molar refractivity (Wildman–Crippen MR) is 125 cm³/mol. The highest BCUT2D eigenvalue weighted by atomic mass is 32.1. The molecule has 0 unspecified atom stereocenters. The second-order valence-electron chi connectivity index (χ2n) is 8.29. The first-order chi connectivity index (χ1) is 15.6. The highest BCUT2D eigenvalue weighted by Gasteiger charge is 2.24. The second kappa shape index (κ2) is 8.90. The van der Waals surface area contributed by atoms with Crippen molar-refractivity contribution < 1.29 is 9.18 Å². The summed E-state index contributed by atoms with van der Waals surface area (Å²) in [4.78, 5) is 37.0. The topological polar surface area (TPSA) is 61.7 Å². The lowest BCUT2D eigenvalue weighted by Crippen LogP contribution is -2.49. The highest BCUT2D eigenvalue weighted by Crippen LogP contribution is 2.23. The second-order valence-corrected chi connectivity index (χ2v) is 9.21. The number of amides is 1. The highest BCUT2D eigenvalue weighted by molar-refractivity contribution is 7.17. The molecular weight excluding hydrogens is 429 g/mol. The number of benzene rings is 1. The maximum absolute atomic E-state index is 13.2. The van der Waals surface area contributed by atoms with Gasteiger partial charge in [-0.15, -0.1) is 11.3 Å². The van der Waals surface area contributed by atoms with Crippen molar-refractivity contribution >= 4 is 39.1 Å². The maximum Gasteiger partial charge on any atom is 0.272 e. The Hall–Kier alpha value is -2.94. The van der Waals surface area contributed by atoms with Gasteiger partial charge in [0.15, 0.2) is 0 Å². The minimum Gasteiger partial charge on any atom is -0.368 e. The number of thiophene rings is 1. The molecule has 2 aliphatic rings. The summed E-state index contributed by atoms with van der Waals surface area (Å²) >= 11 is 1.40. The van der Waals surface area contributed by atoms with Gasteiger partial charge in [-0.3, -0.25) is 14.2 Å². The predicted octanol–water partition coefficient (Wildman–Crippen LogP) is 2.94. The molecule has 32 heavy (non-hydrogen) atoms. The molecule has 2 saturated heterocycles. The summed E-state index contributed by atoms with van der Waals surface area (Å²) in [5.41, 5.74) is 1.65. The third-order valence-corrected chi connectivity index (χ3v) is 7.20. The van der Waals surface area contributed by atoms with Crippen LogP contribution in [0.1, 0.15) is 19.3 Å². The van der Waals surface area contributed by atoms with Crippen molar-refractivity contribution in [3.8, 4) is 0 Å². The van der Waals surface area contributed by atoms with E-state index < -0.39 is 0 Å². The average molecular weight is 456 g/mol. The number of carbonyl (C=O) groups is 1. The molecule has 0 bridgehead atoms. The molecular formula is C23H26FN5O2S. The van der Waals surface area contributed by atoms with E-state index in [0.717, 1.165) is 37.1 Å². The van der Waals surface area contributed by atoms with Crippen LogP contribution in [0, 0.1) is 5.82 Å². The van der Waals surface area contributed by atoms with Gasteiger partial charge in [0.05, 0.1) is 5.52 Å². The number of nitrogens with zero attached hydrogens (tertiary/aromatic N) is 5. The van der Waals surface area contributed by atoms with E-state index in [1.165, 1.54) is 23.5 Å². The number of hydrogen-bond donors (Lipinski definition) is 0. The third-order valence-electron chi connectivity index (χ3n) is 6.31. The van der Waals surface area contributed by atoms with E-state index in [0.29, 0.717) is 43.4 Å². The molecule has 1 aromatic carbocycles. The molecule has 9 heteroatoms.